The molecular weight excluding hydrogens is 278 g/mol. The van der Waals surface area contributed by atoms with Crippen molar-refractivity contribution in [3.63, 3.8) is 0 Å². The molecule has 98 valence electrons. The molecule has 0 unspecified atom stereocenters. The summed E-state index contributed by atoms with van der Waals surface area (Å²) in [6, 6.07) is 10.4. The van der Waals surface area contributed by atoms with Crippen LogP contribution < -0.4 is 0 Å². The Labute approximate surface area is 120 Å². The van der Waals surface area contributed by atoms with Crippen molar-refractivity contribution in [3.8, 4) is 6.07 Å². The number of aromatic nitrogens is 2. The van der Waals surface area contributed by atoms with Crippen LogP contribution in [0.3, 0.4) is 0 Å². The van der Waals surface area contributed by atoms with Crippen LogP contribution in [0.2, 0.25) is 0 Å². The van der Waals surface area contributed by atoms with Gasteiger partial charge in [0.2, 0.25) is 5.89 Å². The highest BCUT2D eigenvalue weighted by Crippen LogP contribution is 2.22. The van der Waals surface area contributed by atoms with Gasteiger partial charge in [-0.25, -0.2) is 0 Å². The van der Waals surface area contributed by atoms with Crippen molar-refractivity contribution in [1.29, 1.82) is 5.26 Å². The Morgan fingerprint density at radius 3 is 3.05 bits per heavy atom. The summed E-state index contributed by atoms with van der Waals surface area (Å²) in [5.74, 6) is 3.00. The number of benzene rings is 1. The number of thioether (sulfide) groups is 2. The molecule has 1 aromatic heterocycles. The van der Waals surface area contributed by atoms with Crippen LogP contribution in [0.5, 0.6) is 0 Å². The Hall–Kier alpha value is -1.45. The van der Waals surface area contributed by atoms with Crippen molar-refractivity contribution < 1.29 is 4.52 Å². The molecule has 0 atom stereocenters. The third kappa shape index (κ3) is 4.62. The van der Waals surface area contributed by atoms with E-state index in [0.717, 1.165) is 0 Å². The van der Waals surface area contributed by atoms with Crippen molar-refractivity contribution in [2.75, 3.05) is 5.75 Å². The fourth-order valence-corrected chi connectivity index (χ4v) is 2.79. The van der Waals surface area contributed by atoms with Crippen molar-refractivity contribution >= 4 is 23.5 Å². The van der Waals surface area contributed by atoms with Gasteiger partial charge in [0.05, 0.1) is 23.3 Å². The first kappa shape index (κ1) is 14.0. The molecule has 0 radical (unpaired) electrons. The molecule has 2 aromatic rings. The molecule has 0 N–H and O–H groups in total. The Balaban J connectivity index is 1.85. The highest BCUT2D eigenvalue weighted by molar-refractivity contribution is 7.98. The number of nitrogens with zero attached hydrogens (tertiary/aromatic N) is 3. The summed E-state index contributed by atoms with van der Waals surface area (Å²) >= 11 is 3.16. The lowest BCUT2D eigenvalue weighted by atomic mass is 10.2. The summed E-state index contributed by atoms with van der Waals surface area (Å²) < 4.78 is 5.12. The van der Waals surface area contributed by atoms with E-state index in [2.05, 4.69) is 41.3 Å². The van der Waals surface area contributed by atoms with Crippen LogP contribution in [0.15, 0.2) is 33.7 Å². The topological polar surface area (TPSA) is 62.7 Å². The van der Waals surface area contributed by atoms with E-state index in [0.29, 0.717) is 29.0 Å². The summed E-state index contributed by atoms with van der Waals surface area (Å²) in [5.41, 5.74) is 1.24. The predicted molar refractivity (Wildman–Crippen MR) is 76.8 cm³/mol. The van der Waals surface area contributed by atoms with Gasteiger partial charge in [0, 0.05) is 4.90 Å². The minimum absolute atomic E-state index is 0.440. The zero-order valence-electron chi connectivity index (χ0n) is 10.5. The van der Waals surface area contributed by atoms with Gasteiger partial charge in [-0.1, -0.05) is 22.9 Å². The quantitative estimate of drug-likeness (QED) is 0.600. The maximum Gasteiger partial charge on any atom is 0.236 e. The number of rotatable bonds is 6. The normalized spacial score (nSPS) is 10.3. The third-order valence-electron chi connectivity index (χ3n) is 2.26. The van der Waals surface area contributed by atoms with E-state index in [9.17, 15) is 0 Å². The number of aryl methyl sites for hydroxylation is 1. The van der Waals surface area contributed by atoms with E-state index < -0.39 is 0 Å². The fraction of sp³-hybridized carbons (Fsp3) is 0.308. The minimum Gasteiger partial charge on any atom is -0.338 e. The van der Waals surface area contributed by atoms with Crippen molar-refractivity contribution in [1.82, 2.24) is 10.1 Å². The van der Waals surface area contributed by atoms with E-state index in [-0.39, 0.29) is 0 Å². The van der Waals surface area contributed by atoms with Crippen molar-refractivity contribution in [3.05, 3.63) is 41.5 Å². The molecule has 0 spiro atoms. The zero-order chi connectivity index (χ0) is 13.5. The minimum atomic E-state index is 0.440. The molecule has 0 saturated carbocycles. The molecule has 0 bridgehead atoms. The van der Waals surface area contributed by atoms with Crippen LogP contribution in [0.25, 0.3) is 0 Å². The maximum atomic E-state index is 8.44. The molecule has 1 heterocycles. The van der Waals surface area contributed by atoms with Gasteiger partial charge in [-0.3, -0.25) is 0 Å². The first-order chi connectivity index (χ1) is 9.28. The second-order valence-electron chi connectivity index (χ2n) is 3.86. The third-order valence-corrected chi connectivity index (χ3v) is 4.03. The van der Waals surface area contributed by atoms with Crippen LogP contribution in [-0.2, 0) is 11.5 Å². The molecule has 1 aromatic carbocycles. The first-order valence-electron chi connectivity index (χ1n) is 5.73. The van der Waals surface area contributed by atoms with Gasteiger partial charge in [-0.15, -0.1) is 23.5 Å². The van der Waals surface area contributed by atoms with Gasteiger partial charge in [0.1, 0.15) is 0 Å². The van der Waals surface area contributed by atoms with E-state index >= 15 is 0 Å². The van der Waals surface area contributed by atoms with Crippen LogP contribution >= 0.6 is 23.5 Å². The van der Waals surface area contributed by atoms with E-state index in [1.807, 2.05) is 6.07 Å². The number of hydrogen-bond donors (Lipinski definition) is 0. The van der Waals surface area contributed by atoms with E-state index in [1.54, 1.807) is 11.8 Å². The lowest BCUT2D eigenvalue weighted by Gasteiger charge is -1.99. The Morgan fingerprint density at radius 1 is 1.37 bits per heavy atom. The molecule has 6 heteroatoms. The highest BCUT2D eigenvalue weighted by atomic mass is 32.2. The van der Waals surface area contributed by atoms with Gasteiger partial charge in [0.25, 0.3) is 0 Å². The van der Waals surface area contributed by atoms with Gasteiger partial charge in [0.15, 0.2) is 5.82 Å². The fourth-order valence-electron chi connectivity index (χ4n) is 1.44. The molecule has 19 heavy (non-hydrogen) atoms. The van der Waals surface area contributed by atoms with Crippen LogP contribution in [0.1, 0.15) is 17.3 Å². The number of nitriles is 1. The summed E-state index contributed by atoms with van der Waals surface area (Å²) in [5, 5.41) is 12.4. The first-order valence-corrected chi connectivity index (χ1v) is 7.87. The SMILES string of the molecule is Cc1cccc(SCc2noc(CSCC#N)n2)c1. The summed E-state index contributed by atoms with van der Waals surface area (Å²) in [7, 11) is 0. The lowest BCUT2D eigenvalue weighted by Crippen LogP contribution is -1.86. The molecule has 0 aliphatic carbocycles. The molecular formula is C13H13N3OS2. The molecule has 4 nitrogen and oxygen atoms in total. The molecule has 0 saturated heterocycles. The average Bonchev–Trinajstić information content (AvgIpc) is 2.85. The van der Waals surface area contributed by atoms with Crippen LogP contribution in [-0.4, -0.2) is 15.9 Å². The Kier molecular flexibility index (Phi) is 5.31. The van der Waals surface area contributed by atoms with Gasteiger partial charge < -0.3 is 4.52 Å². The van der Waals surface area contributed by atoms with E-state index in [1.165, 1.54) is 22.2 Å². The van der Waals surface area contributed by atoms with Gasteiger partial charge in [-0.2, -0.15) is 10.2 Å². The monoisotopic (exact) mass is 291 g/mol. The second kappa shape index (κ2) is 7.22. The standard InChI is InChI=1S/C13H13N3OS2/c1-10-3-2-4-11(7-10)19-8-12-15-13(17-16-12)9-18-6-5-14/h2-4,7H,6,8-9H2,1H3. The molecule has 2 rings (SSSR count). The highest BCUT2D eigenvalue weighted by Gasteiger charge is 2.06. The van der Waals surface area contributed by atoms with Gasteiger partial charge in [-0.05, 0) is 19.1 Å². The van der Waals surface area contributed by atoms with Crippen LogP contribution in [0.4, 0.5) is 0 Å². The zero-order valence-corrected chi connectivity index (χ0v) is 12.1. The van der Waals surface area contributed by atoms with Crippen LogP contribution in [0, 0.1) is 18.3 Å². The maximum absolute atomic E-state index is 8.44. The van der Waals surface area contributed by atoms with Crippen molar-refractivity contribution in [2.24, 2.45) is 0 Å². The van der Waals surface area contributed by atoms with Crippen molar-refractivity contribution in [2.45, 2.75) is 23.3 Å². The molecule has 0 aliphatic rings. The average molecular weight is 291 g/mol. The molecule has 0 fully saturated rings. The summed E-state index contributed by atoms with van der Waals surface area (Å²) in [4.78, 5) is 5.49. The summed E-state index contributed by atoms with van der Waals surface area (Å²) in [6.07, 6.45) is 0. The number of hydrogen-bond acceptors (Lipinski definition) is 6. The smallest absolute Gasteiger partial charge is 0.236 e. The largest absolute Gasteiger partial charge is 0.338 e. The Morgan fingerprint density at radius 2 is 2.26 bits per heavy atom. The van der Waals surface area contributed by atoms with Gasteiger partial charge >= 0.3 is 0 Å². The molecule has 0 amide bonds. The lowest BCUT2D eigenvalue weighted by molar-refractivity contribution is 0.386. The second-order valence-corrected chi connectivity index (χ2v) is 5.89. The predicted octanol–water partition coefficient (Wildman–Crippen LogP) is 3.43. The molecule has 0 aliphatic heterocycles. The Bertz CT molecular complexity index is 577. The van der Waals surface area contributed by atoms with E-state index in [4.69, 9.17) is 9.78 Å². The summed E-state index contributed by atoms with van der Waals surface area (Å²) in [6.45, 7) is 2.07.